The molecule has 0 saturated carbocycles. The molecule has 3 saturated heterocycles. The summed E-state index contributed by atoms with van der Waals surface area (Å²) in [5, 5.41) is 27.8. The molecule has 3 aliphatic rings. The summed E-state index contributed by atoms with van der Waals surface area (Å²) in [5.74, 6) is -0.589. The summed E-state index contributed by atoms with van der Waals surface area (Å²) in [6.07, 6.45) is 3.85. The molecule has 3 aromatic rings. The van der Waals surface area contributed by atoms with Gasteiger partial charge in [-0.2, -0.15) is 5.10 Å². The highest BCUT2D eigenvalue weighted by Crippen LogP contribution is 2.28. The first-order valence-corrected chi connectivity index (χ1v) is 9.70. The first kappa shape index (κ1) is 17.8. The van der Waals surface area contributed by atoms with Gasteiger partial charge >= 0.3 is 5.97 Å². The van der Waals surface area contributed by atoms with Gasteiger partial charge in [0.1, 0.15) is 12.2 Å². The van der Waals surface area contributed by atoms with Crippen LogP contribution in [0.3, 0.4) is 0 Å². The molecule has 1 aromatic carbocycles. The number of nitrogens with zero attached hydrogens (tertiary/aromatic N) is 5. The van der Waals surface area contributed by atoms with Crippen molar-refractivity contribution in [3.05, 3.63) is 30.1 Å². The lowest BCUT2D eigenvalue weighted by atomic mass is 9.84. The number of rotatable bonds is 5. The van der Waals surface area contributed by atoms with Crippen molar-refractivity contribution in [1.82, 2.24) is 35.4 Å². The Labute approximate surface area is 165 Å². The monoisotopic (exact) mass is 395 g/mol. The van der Waals surface area contributed by atoms with Crippen LogP contribution < -0.4 is 5.32 Å². The molecule has 5 heterocycles. The lowest BCUT2D eigenvalue weighted by Gasteiger charge is -2.44. The number of piperidine rings is 3. The zero-order chi connectivity index (χ0) is 20.0. The third kappa shape index (κ3) is 3.35. The summed E-state index contributed by atoms with van der Waals surface area (Å²) in [6, 6.07) is 5.68. The number of carboxylic acids is 1. The number of hydrogen-bond donors (Lipinski definition) is 3. The quantitative estimate of drug-likeness (QED) is 0.581. The van der Waals surface area contributed by atoms with Crippen LogP contribution >= 0.6 is 0 Å². The Morgan fingerprint density at radius 2 is 2.10 bits per heavy atom. The van der Waals surface area contributed by atoms with E-state index in [9.17, 15) is 9.59 Å². The van der Waals surface area contributed by atoms with Crippen LogP contribution in [0, 0.1) is 5.92 Å². The first-order valence-electron chi connectivity index (χ1n) is 9.70. The molecule has 29 heavy (non-hydrogen) atoms. The van der Waals surface area contributed by atoms with E-state index in [4.69, 9.17) is 5.11 Å². The van der Waals surface area contributed by atoms with Crippen molar-refractivity contribution in [1.29, 1.82) is 0 Å². The molecule has 10 heteroatoms. The number of H-pyrrole nitrogens is 1. The standard InChI is InChI=1S/C19H21N7O3/c27-17(28)10-26-9-16(22-24-26)12-1-2-13-14(7-12)21-23-18(13)19(29)20-15-8-25-5-3-11(15)4-6-25/h1-2,7,9,11,15H,3-6,8,10H2,(H,20,29)(H,21,23)(H,27,28)/t15-/m0/s1. The minimum atomic E-state index is -0.982. The number of aromatic amines is 1. The SMILES string of the molecule is O=C(O)Cn1cc(-c2ccc3c(C(=O)N[C@H]4CN5CCC4CC5)n[nH]c3c2)nn1. The number of aliphatic carboxylic acids is 1. The normalized spacial score (nSPS) is 23.4. The minimum absolute atomic E-state index is 0.157. The molecule has 10 nitrogen and oxygen atoms in total. The van der Waals surface area contributed by atoms with Gasteiger partial charge in [-0.05, 0) is 44.0 Å². The predicted octanol–water partition coefficient (Wildman–Crippen LogP) is 0.730. The Kier molecular flexibility index (Phi) is 4.27. The van der Waals surface area contributed by atoms with Crippen molar-refractivity contribution >= 4 is 22.8 Å². The highest BCUT2D eigenvalue weighted by Gasteiger charge is 2.35. The largest absolute Gasteiger partial charge is 0.480 e. The zero-order valence-electron chi connectivity index (χ0n) is 15.7. The topological polar surface area (TPSA) is 129 Å². The molecule has 0 aliphatic carbocycles. The second-order valence-electron chi connectivity index (χ2n) is 7.75. The third-order valence-corrected chi connectivity index (χ3v) is 5.88. The number of fused-ring (bicyclic) bond motifs is 4. The van der Waals surface area contributed by atoms with Crippen LogP contribution in [0.5, 0.6) is 0 Å². The van der Waals surface area contributed by atoms with Gasteiger partial charge in [0.2, 0.25) is 0 Å². The van der Waals surface area contributed by atoms with Crippen LogP contribution in [0.1, 0.15) is 23.3 Å². The van der Waals surface area contributed by atoms with E-state index in [0.717, 1.165) is 43.4 Å². The maximum atomic E-state index is 12.8. The fourth-order valence-corrected chi connectivity index (χ4v) is 4.36. The molecular weight excluding hydrogens is 374 g/mol. The van der Waals surface area contributed by atoms with Gasteiger partial charge in [-0.3, -0.25) is 14.7 Å². The lowest BCUT2D eigenvalue weighted by molar-refractivity contribution is -0.137. The number of carboxylic acid groups (broad SMARTS) is 1. The molecule has 0 radical (unpaired) electrons. The highest BCUT2D eigenvalue weighted by atomic mass is 16.4. The van der Waals surface area contributed by atoms with E-state index < -0.39 is 5.97 Å². The number of hydrogen-bond acceptors (Lipinski definition) is 6. The Morgan fingerprint density at radius 1 is 1.28 bits per heavy atom. The average molecular weight is 395 g/mol. The molecule has 0 spiro atoms. The highest BCUT2D eigenvalue weighted by molar-refractivity contribution is 6.05. The average Bonchev–Trinajstić information content (AvgIpc) is 3.35. The molecule has 2 bridgehead atoms. The zero-order valence-corrected chi connectivity index (χ0v) is 15.7. The Hall–Kier alpha value is -3.27. The molecule has 3 fully saturated rings. The van der Waals surface area contributed by atoms with E-state index in [1.807, 2.05) is 18.2 Å². The van der Waals surface area contributed by atoms with Crippen LogP contribution in [0.2, 0.25) is 0 Å². The van der Waals surface area contributed by atoms with Gasteiger partial charge in [0.05, 0.1) is 11.7 Å². The summed E-state index contributed by atoms with van der Waals surface area (Å²) in [4.78, 5) is 26.0. The summed E-state index contributed by atoms with van der Waals surface area (Å²) < 4.78 is 1.27. The maximum Gasteiger partial charge on any atom is 0.325 e. The van der Waals surface area contributed by atoms with Crippen molar-refractivity contribution in [3.63, 3.8) is 0 Å². The Bertz CT molecular complexity index is 1080. The number of nitrogens with one attached hydrogen (secondary N) is 2. The van der Waals surface area contributed by atoms with Crippen molar-refractivity contribution in [2.24, 2.45) is 5.92 Å². The van der Waals surface area contributed by atoms with Crippen LogP contribution in [0.4, 0.5) is 0 Å². The van der Waals surface area contributed by atoms with Gasteiger partial charge in [-0.1, -0.05) is 11.3 Å². The molecule has 0 unspecified atom stereocenters. The molecule has 150 valence electrons. The molecule has 2 aromatic heterocycles. The van der Waals surface area contributed by atoms with Crippen molar-refractivity contribution in [2.45, 2.75) is 25.4 Å². The summed E-state index contributed by atoms with van der Waals surface area (Å²) in [5.41, 5.74) is 2.43. The van der Waals surface area contributed by atoms with Gasteiger partial charge in [-0.15, -0.1) is 5.10 Å². The van der Waals surface area contributed by atoms with E-state index in [0.29, 0.717) is 22.8 Å². The van der Waals surface area contributed by atoms with Crippen molar-refractivity contribution in [2.75, 3.05) is 19.6 Å². The summed E-state index contributed by atoms with van der Waals surface area (Å²) in [6.45, 7) is 2.92. The number of carbonyl (C=O) groups is 2. The maximum absolute atomic E-state index is 12.8. The molecule has 3 N–H and O–H groups in total. The predicted molar refractivity (Wildman–Crippen MR) is 103 cm³/mol. The number of aromatic nitrogens is 5. The summed E-state index contributed by atoms with van der Waals surface area (Å²) >= 11 is 0. The van der Waals surface area contributed by atoms with Gasteiger partial charge in [0.15, 0.2) is 5.69 Å². The van der Waals surface area contributed by atoms with Crippen LogP contribution in [0.25, 0.3) is 22.2 Å². The molecule has 3 aliphatic heterocycles. The van der Waals surface area contributed by atoms with E-state index in [-0.39, 0.29) is 18.5 Å². The van der Waals surface area contributed by atoms with E-state index >= 15 is 0 Å². The first-order chi connectivity index (χ1) is 14.1. The van der Waals surface area contributed by atoms with Gasteiger partial charge in [0, 0.05) is 23.5 Å². The fourth-order valence-electron chi connectivity index (χ4n) is 4.36. The molecular formula is C19H21N7O3. The van der Waals surface area contributed by atoms with Gasteiger partial charge in [0.25, 0.3) is 5.91 Å². The number of carbonyl (C=O) groups excluding carboxylic acids is 1. The second kappa shape index (κ2) is 6.96. The van der Waals surface area contributed by atoms with Crippen LogP contribution in [-0.2, 0) is 11.3 Å². The van der Waals surface area contributed by atoms with Crippen molar-refractivity contribution in [3.8, 4) is 11.3 Å². The summed E-state index contributed by atoms with van der Waals surface area (Å²) in [7, 11) is 0. The number of benzene rings is 1. The number of amides is 1. The minimum Gasteiger partial charge on any atom is -0.480 e. The lowest BCUT2D eigenvalue weighted by Crippen LogP contribution is -2.57. The van der Waals surface area contributed by atoms with E-state index in [2.05, 4.69) is 30.7 Å². The second-order valence-corrected chi connectivity index (χ2v) is 7.75. The third-order valence-electron chi connectivity index (χ3n) is 5.88. The van der Waals surface area contributed by atoms with Crippen LogP contribution in [-0.4, -0.2) is 72.8 Å². The van der Waals surface area contributed by atoms with Gasteiger partial charge < -0.3 is 15.3 Å². The van der Waals surface area contributed by atoms with E-state index in [1.54, 1.807) is 6.20 Å². The molecule has 1 amide bonds. The Morgan fingerprint density at radius 3 is 2.83 bits per heavy atom. The molecule has 6 rings (SSSR count). The van der Waals surface area contributed by atoms with Gasteiger partial charge in [-0.25, -0.2) is 4.68 Å². The van der Waals surface area contributed by atoms with Crippen molar-refractivity contribution < 1.29 is 14.7 Å². The molecule has 1 atom stereocenters. The fraction of sp³-hybridized carbons (Fsp3) is 0.421. The smallest absolute Gasteiger partial charge is 0.325 e. The van der Waals surface area contributed by atoms with Crippen LogP contribution in [0.15, 0.2) is 24.4 Å². The Balaban J connectivity index is 1.36. The van der Waals surface area contributed by atoms with E-state index in [1.165, 1.54) is 4.68 Å².